The highest BCUT2D eigenvalue weighted by atomic mass is 32.2. The van der Waals surface area contributed by atoms with Gasteiger partial charge in [-0.05, 0) is 71.5 Å². The molecule has 0 atom stereocenters. The molecule has 166 valence electrons. The van der Waals surface area contributed by atoms with Crippen molar-refractivity contribution in [2.45, 2.75) is 29.6 Å². The highest BCUT2D eigenvalue weighted by Gasteiger charge is 2.51. The van der Waals surface area contributed by atoms with Crippen LogP contribution >= 0.6 is 0 Å². The second kappa shape index (κ2) is 7.45. The molecular formula is C25H23FO5S. The zero-order valence-corrected chi connectivity index (χ0v) is 18.2. The highest BCUT2D eigenvalue weighted by molar-refractivity contribution is 7.90. The van der Waals surface area contributed by atoms with E-state index in [9.17, 15) is 17.6 Å². The maximum absolute atomic E-state index is 14.6. The zero-order valence-electron chi connectivity index (χ0n) is 17.4. The Morgan fingerprint density at radius 3 is 2.34 bits per heavy atom. The zero-order chi connectivity index (χ0) is 22.5. The average molecular weight is 455 g/mol. The van der Waals surface area contributed by atoms with E-state index in [1.807, 2.05) is 18.2 Å². The summed E-state index contributed by atoms with van der Waals surface area (Å²) in [5.74, 6) is 0.834. The van der Waals surface area contributed by atoms with Crippen LogP contribution in [0, 0.1) is 5.82 Å². The molecule has 0 radical (unpaired) electrons. The van der Waals surface area contributed by atoms with E-state index in [0.717, 1.165) is 35.8 Å². The summed E-state index contributed by atoms with van der Waals surface area (Å²) in [6.45, 7) is 0.170. The van der Waals surface area contributed by atoms with Gasteiger partial charge in [0.25, 0.3) is 0 Å². The predicted molar refractivity (Wildman–Crippen MR) is 119 cm³/mol. The maximum atomic E-state index is 14.6. The van der Waals surface area contributed by atoms with E-state index in [-0.39, 0.29) is 25.3 Å². The summed E-state index contributed by atoms with van der Waals surface area (Å²) in [7, 11) is -3.29. The van der Waals surface area contributed by atoms with Crippen LogP contribution in [0.1, 0.15) is 25.4 Å². The second-order valence-corrected chi connectivity index (χ2v) is 10.4. The Hall–Kier alpha value is -3.19. The van der Waals surface area contributed by atoms with Crippen molar-refractivity contribution in [2.24, 2.45) is 0 Å². The van der Waals surface area contributed by atoms with Crippen LogP contribution < -0.4 is 9.47 Å². The number of ketones is 1. The third-order valence-corrected chi connectivity index (χ3v) is 7.35. The third kappa shape index (κ3) is 3.66. The van der Waals surface area contributed by atoms with Gasteiger partial charge in [-0.1, -0.05) is 24.3 Å². The number of fused-ring (bicyclic) bond motifs is 1. The first-order chi connectivity index (χ1) is 15.3. The summed E-state index contributed by atoms with van der Waals surface area (Å²) in [5, 5.41) is 0. The summed E-state index contributed by atoms with van der Waals surface area (Å²) < 4.78 is 48.7. The van der Waals surface area contributed by atoms with Crippen molar-refractivity contribution in [3.8, 4) is 22.6 Å². The van der Waals surface area contributed by atoms with Gasteiger partial charge in [-0.15, -0.1) is 0 Å². The minimum Gasteiger partial charge on any atom is -0.454 e. The van der Waals surface area contributed by atoms with Gasteiger partial charge in [0.05, 0.1) is 10.3 Å². The van der Waals surface area contributed by atoms with Crippen LogP contribution in [0.25, 0.3) is 11.1 Å². The maximum Gasteiger partial charge on any atom is 0.231 e. The van der Waals surface area contributed by atoms with Crippen LogP contribution in [-0.4, -0.2) is 27.2 Å². The lowest BCUT2D eigenvalue weighted by molar-refractivity contribution is -0.120. The van der Waals surface area contributed by atoms with E-state index in [1.165, 1.54) is 18.2 Å². The number of sulfone groups is 1. The largest absolute Gasteiger partial charge is 0.454 e. The van der Waals surface area contributed by atoms with Crippen molar-refractivity contribution in [1.82, 2.24) is 0 Å². The highest BCUT2D eigenvalue weighted by Crippen LogP contribution is 2.51. The Morgan fingerprint density at radius 1 is 0.969 bits per heavy atom. The van der Waals surface area contributed by atoms with Gasteiger partial charge in [-0.2, -0.15) is 0 Å². The molecule has 0 aromatic heterocycles. The molecule has 1 aliphatic carbocycles. The lowest BCUT2D eigenvalue weighted by Gasteiger charge is -2.16. The monoisotopic (exact) mass is 454 g/mol. The van der Waals surface area contributed by atoms with Crippen molar-refractivity contribution in [3.63, 3.8) is 0 Å². The van der Waals surface area contributed by atoms with Crippen molar-refractivity contribution in [2.75, 3.05) is 13.0 Å². The first kappa shape index (κ1) is 20.7. The number of benzene rings is 3. The fourth-order valence-corrected chi connectivity index (χ4v) is 4.80. The van der Waals surface area contributed by atoms with Gasteiger partial charge in [0.15, 0.2) is 21.3 Å². The van der Waals surface area contributed by atoms with Crippen LogP contribution in [-0.2, 0) is 26.5 Å². The van der Waals surface area contributed by atoms with Crippen LogP contribution in [0.15, 0.2) is 65.6 Å². The molecule has 0 spiro atoms. The van der Waals surface area contributed by atoms with E-state index in [4.69, 9.17) is 9.47 Å². The topological polar surface area (TPSA) is 69.7 Å². The summed E-state index contributed by atoms with van der Waals surface area (Å²) >= 11 is 0. The van der Waals surface area contributed by atoms with Gasteiger partial charge < -0.3 is 9.47 Å². The summed E-state index contributed by atoms with van der Waals surface area (Å²) in [4.78, 5) is 13.5. The van der Waals surface area contributed by atoms with Gasteiger partial charge in [0, 0.05) is 14.1 Å². The Morgan fingerprint density at radius 2 is 1.66 bits per heavy atom. The first-order valence-corrected chi connectivity index (χ1v) is 12.2. The smallest absolute Gasteiger partial charge is 0.231 e. The van der Waals surface area contributed by atoms with Gasteiger partial charge in [-0.25, -0.2) is 12.8 Å². The Bertz CT molecular complexity index is 1330. The molecule has 5 nitrogen and oxygen atoms in total. The van der Waals surface area contributed by atoms with E-state index < -0.39 is 21.1 Å². The number of rotatable bonds is 6. The van der Waals surface area contributed by atoms with Gasteiger partial charge >= 0.3 is 0 Å². The first-order valence-electron chi connectivity index (χ1n) is 10.3. The number of carbonyl (C=O) groups excluding carboxylic acids is 1. The molecule has 1 saturated carbocycles. The molecule has 32 heavy (non-hydrogen) atoms. The molecule has 0 saturated heterocycles. The summed E-state index contributed by atoms with van der Waals surface area (Å²) in [6, 6.07) is 16.6. The van der Waals surface area contributed by atoms with E-state index in [2.05, 4.69) is 0 Å². The molecular weight excluding hydrogens is 431 g/mol. The van der Waals surface area contributed by atoms with Gasteiger partial charge in [0.2, 0.25) is 6.79 Å². The average Bonchev–Trinajstić information content (AvgIpc) is 3.45. The molecule has 1 aliphatic heterocycles. The van der Waals surface area contributed by atoms with Gasteiger partial charge in [-0.3, -0.25) is 4.79 Å². The van der Waals surface area contributed by atoms with Crippen molar-refractivity contribution in [1.29, 1.82) is 0 Å². The lowest BCUT2D eigenvalue weighted by Crippen LogP contribution is -2.23. The molecule has 2 aliphatic rings. The molecule has 5 rings (SSSR count). The van der Waals surface area contributed by atoms with E-state index in [1.54, 1.807) is 24.3 Å². The van der Waals surface area contributed by atoms with Crippen molar-refractivity contribution < 1.29 is 28.5 Å². The van der Waals surface area contributed by atoms with Crippen molar-refractivity contribution >= 4 is 15.6 Å². The minimum absolute atomic E-state index is 0. The fraction of sp³-hybridized carbons (Fsp3) is 0.240. The molecule has 0 amide bonds. The quantitative estimate of drug-likeness (QED) is 0.539. The second-order valence-electron chi connectivity index (χ2n) is 8.35. The number of halogens is 1. The lowest BCUT2D eigenvalue weighted by atomic mass is 9.87. The fourth-order valence-electron chi connectivity index (χ4n) is 4.17. The number of carbonyl (C=O) groups is 1. The minimum atomic E-state index is -3.29. The molecule has 3 aromatic carbocycles. The summed E-state index contributed by atoms with van der Waals surface area (Å²) in [6.07, 6.45) is 2.58. The summed E-state index contributed by atoms with van der Waals surface area (Å²) in [5.41, 5.74) is 2.07. The molecule has 1 heterocycles. The van der Waals surface area contributed by atoms with E-state index in [0.29, 0.717) is 17.1 Å². The molecule has 1 fully saturated rings. The Labute approximate surface area is 187 Å². The SMILES string of the molecule is CS(=O)(=O)c1ccc(-c2ccc(F)c(CC(=O)C3(c4ccc5c(c4)OCO5)CC3)c2)cc1.[HH]. The van der Waals surface area contributed by atoms with Crippen LogP contribution in [0.3, 0.4) is 0 Å². The Kier molecular flexibility index (Phi) is 4.82. The molecule has 0 bridgehead atoms. The van der Waals surface area contributed by atoms with Gasteiger partial charge in [0.1, 0.15) is 11.6 Å². The number of ether oxygens (including phenoxy) is 2. The number of hydrogen-bond donors (Lipinski definition) is 0. The van der Waals surface area contributed by atoms with Crippen LogP contribution in [0.5, 0.6) is 11.5 Å². The molecule has 7 heteroatoms. The molecule has 3 aromatic rings. The molecule has 0 N–H and O–H groups in total. The number of Topliss-reactive ketones (excluding diaryl/α,β-unsaturated/α-hetero) is 1. The van der Waals surface area contributed by atoms with Crippen molar-refractivity contribution in [3.05, 3.63) is 77.6 Å². The van der Waals surface area contributed by atoms with Crippen LogP contribution in [0.2, 0.25) is 0 Å². The van der Waals surface area contributed by atoms with E-state index >= 15 is 0 Å². The predicted octanol–water partition coefficient (Wildman–Crippen LogP) is 4.71. The Balaban J connectivity index is 0.00000259. The number of hydrogen-bond acceptors (Lipinski definition) is 5. The normalized spacial score (nSPS) is 16.1. The van der Waals surface area contributed by atoms with Crippen LogP contribution in [0.4, 0.5) is 4.39 Å². The standard InChI is InChI=1S/C25H21FO5S.H2/c1-32(28,29)20-6-2-16(3-7-20)17-4-8-21(26)18(12-17)13-24(27)25(10-11-25)19-5-9-22-23(14-19)31-15-30-22;/h2-9,12,14H,10-11,13,15H2,1H3;1H. The molecule has 0 unspecified atom stereocenters. The third-order valence-electron chi connectivity index (χ3n) is 6.22.